The van der Waals surface area contributed by atoms with Crippen molar-refractivity contribution < 1.29 is 0 Å². The quantitative estimate of drug-likeness (QED) is 0.738. The van der Waals surface area contributed by atoms with Gasteiger partial charge in [-0.3, -0.25) is 0 Å². The molecular formula is C22H26N6. The van der Waals surface area contributed by atoms with Crippen LogP contribution < -0.4 is 15.1 Å². The summed E-state index contributed by atoms with van der Waals surface area (Å²) in [6.07, 6.45) is 1.84. The van der Waals surface area contributed by atoms with E-state index in [4.69, 9.17) is 4.98 Å². The van der Waals surface area contributed by atoms with Gasteiger partial charge in [0.25, 0.3) is 0 Å². The van der Waals surface area contributed by atoms with Gasteiger partial charge in [-0.1, -0.05) is 35.9 Å². The van der Waals surface area contributed by atoms with E-state index in [0.717, 1.165) is 56.0 Å². The van der Waals surface area contributed by atoms with E-state index in [1.165, 1.54) is 11.1 Å². The second-order valence-electron chi connectivity index (χ2n) is 7.20. The second kappa shape index (κ2) is 8.25. The van der Waals surface area contributed by atoms with Crippen LogP contribution in [-0.4, -0.2) is 41.1 Å². The summed E-state index contributed by atoms with van der Waals surface area (Å²) in [6.45, 7) is 8.48. The third kappa shape index (κ3) is 4.39. The third-order valence-corrected chi connectivity index (χ3v) is 4.97. The van der Waals surface area contributed by atoms with Crippen molar-refractivity contribution in [1.29, 1.82) is 0 Å². The van der Waals surface area contributed by atoms with Gasteiger partial charge in [0.15, 0.2) is 0 Å². The fraction of sp³-hybridized carbons (Fsp3) is 0.318. The summed E-state index contributed by atoms with van der Waals surface area (Å²) in [7, 11) is 0. The minimum atomic E-state index is 0.754. The van der Waals surface area contributed by atoms with Crippen LogP contribution in [0.3, 0.4) is 0 Å². The van der Waals surface area contributed by atoms with Crippen molar-refractivity contribution in [3.05, 3.63) is 71.5 Å². The molecule has 6 heteroatoms. The molecule has 1 aromatic carbocycles. The van der Waals surface area contributed by atoms with Gasteiger partial charge < -0.3 is 15.1 Å². The third-order valence-electron chi connectivity index (χ3n) is 4.97. The topological polar surface area (TPSA) is 57.2 Å². The van der Waals surface area contributed by atoms with Crippen molar-refractivity contribution in [3.63, 3.8) is 0 Å². The fourth-order valence-corrected chi connectivity index (χ4v) is 3.36. The zero-order valence-electron chi connectivity index (χ0n) is 16.5. The van der Waals surface area contributed by atoms with Crippen molar-refractivity contribution in [2.24, 2.45) is 0 Å². The van der Waals surface area contributed by atoms with Crippen molar-refractivity contribution in [3.8, 4) is 0 Å². The van der Waals surface area contributed by atoms with Crippen LogP contribution in [0.5, 0.6) is 0 Å². The van der Waals surface area contributed by atoms with Gasteiger partial charge in [-0.05, 0) is 31.5 Å². The van der Waals surface area contributed by atoms with Crippen LogP contribution in [0.1, 0.15) is 16.8 Å². The SMILES string of the molecule is Cc1ccc(CNc2cc(C)nc(N3CCN(c4ccccn4)CC3)n2)cc1. The number of benzene rings is 1. The summed E-state index contributed by atoms with van der Waals surface area (Å²) in [5.41, 5.74) is 3.49. The first-order chi connectivity index (χ1) is 13.7. The highest BCUT2D eigenvalue weighted by Crippen LogP contribution is 2.19. The number of aryl methyl sites for hydroxylation is 2. The van der Waals surface area contributed by atoms with E-state index < -0.39 is 0 Å². The summed E-state index contributed by atoms with van der Waals surface area (Å²) in [5.74, 6) is 2.70. The van der Waals surface area contributed by atoms with Gasteiger partial charge in [0.2, 0.25) is 5.95 Å². The zero-order chi connectivity index (χ0) is 19.3. The lowest BCUT2D eigenvalue weighted by molar-refractivity contribution is 0.634. The predicted octanol–water partition coefficient (Wildman–Crippen LogP) is 3.43. The maximum Gasteiger partial charge on any atom is 0.227 e. The molecule has 6 nitrogen and oxygen atoms in total. The highest BCUT2D eigenvalue weighted by Gasteiger charge is 2.20. The molecule has 1 N–H and O–H groups in total. The number of nitrogens with zero attached hydrogens (tertiary/aromatic N) is 5. The molecule has 0 amide bonds. The Balaban J connectivity index is 1.40. The van der Waals surface area contributed by atoms with Crippen LogP contribution in [0.4, 0.5) is 17.6 Å². The van der Waals surface area contributed by atoms with Gasteiger partial charge >= 0.3 is 0 Å². The number of anilines is 3. The lowest BCUT2D eigenvalue weighted by Crippen LogP contribution is -2.47. The fourth-order valence-electron chi connectivity index (χ4n) is 3.36. The smallest absolute Gasteiger partial charge is 0.227 e. The maximum absolute atomic E-state index is 4.76. The summed E-state index contributed by atoms with van der Waals surface area (Å²) in [5, 5.41) is 3.44. The van der Waals surface area contributed by atoms with Gasteiger partial charge in [-0.25, -0.2) is 9.97 Å². The molecule has 28 heavy (non-hydrogen) atoms. The number of nitrogens with one attached hydrogen (secondary N) is 1. The maximum atomic E-state index is 4.76. The molecule has 0 unspecified atom stereocenters. The molecule has 3 aromatic rings. The summed E-state index contributed by atoms with van der Waals surface area (Å²) in [4.78, 5) is 18.4. The lowest BCUT2D eigenvalue weighted by atomic mass is 10.1. The molecule has 0 atom stereocenters. The Morgan fingerprint density at radius 1 is 0.893 bits per heavy atom. The molecular weight excluding hydrogens is 348 g/mol. The lowest BCUT2D eigenvalue weighted by Gasteiger charge is -2.35. The van der Waals surface area contributed by atoms with E-state index in [9.17, 15) is 0 Å². The molecule has 1 saturated heterocycles. The van der Waals surface area contributed by atoms with E-state index in [1.807, 2.05) is 31.3 Å². The van der Waals surface area contributed by atoms with Crippen LogP contribution in [0, 0.1) is 13.8 Å². The largest absolute Gasteiger partial charge is 0.366 e. The van der Waals surface area contributed by atoms with E-state index in [0.29, 0.717) is 0 Å². The van der Waals surface area contributed by atoms with E-state index in [2.05, 4.69) is 62.3 Å². The van der Waals surface area contributed by atoms with Crippen LogP contribution in [0.15, 0.2) is 54.7 Å². The Morgan fingerprint density at radius 2 is 1.64 bits per heavy atom. The number of hydrogen-bond acceptors (Lipinski definition) is 6. The minimum absolute atomic E-state index is 0.754. The predicted molar refractivity (Wildman–Crippen MR) is 114 cm³/mol. The average molecular weight is 374 g/mol. The molecule has 1 fully saturated rings. The van der Waals surface area contributed by atoms with Gasteiger partial charge in [-0.2, -0.15) is 4.98 Å². The van der Waals surface area contributed by atoms with Crippen LogP contribution in [-0.2, 0) is 6.54 Å². The molecule has 0 radical (unpaired) electrons. The standard InChI is InChI=1S/C22H26N6/c1-17-6-8-19(9-7-17)16-24-20-15-18(2)25-22(26-20)28-13-11-27(12-14-28)21-5-3-4-10-23-21/h3-10,15H,11-14,16H2,1-2H3,(H,24,25,26). The van der Waals surface area contributed by atoms with Crippen molar-refractivity contribution in [2.45, 2.75) is 20.4 Å². The molecule has 2 aromatic heterocycles. The van der Waals surface area contributed by atoms with Crippen LogP contribution in [0.25, 0.3) is 0 Å². The zero-order valence-corrected chi connectivity index (χ0v) is 16.5. The highest BCUT2D eigenvalue weighted by atomic mass is 15.3. The van der Waals surface area contributed by atoms with Crippen molar-refractivity contribution in [1.82, 2.24) is 15.0 Å². The number of aromatic nitrogens is 3. The van der Waals surface area contributed by atoms with Crippen LogP contribution >= 0.6 is 0 Å². The number of hydrogen-bond donors (Lipinski definition) is 1. The first-order valence-corrected chi connectivity index (χ1v) is 9.73. The van der Waals surface area contributed by atoms with Gasteiger partial charge in [0.05, 0.1) is 0 Å². The first kappa shape index (κ1) is 18.2. The normalized spacial score (nSPS) is 14.2. The first-order valence-electron chi connectivity index (χ1n) is 9.73. The summed E-state index contributed by atoms with van der Waals surface area (Å²) in [6, 6.07) is 16.6. The highest BCUT2D eigenvalue weighted by molar-refractivity contribution is 5.46. The molecule has 1 aliphatic heterocycles. The Labute approximate surface area is 166 Å². The van der Waals surface area contributed by atoms with E-state index in [1.54, 1.807) is 0 Å². The Kier molecular flexibility index (Phi) is 5.37. The number of piperazine rings is 1. The molecule has 0 spiro atoms. The Bertz CT molecular complexity index is 902. The summed E-state index contributed by atoms with van der Waals surface area (Å²) < 4.78 is 0. The van der Waals surface area contributed by atoms with E-state index >= 15 is 0 Å². The van der Waals surface area contributed by atoms with Crippen molar-refractivity contribution in [2.75, 3.05) is 41.3 Å². The second-order valence-corrected chi connectivity index (χ2v) is 7.20. The Morgan fingerprint density at radius 3 is 2.36 bits per heavy atom. The van der Waals surface area contributed by atoms with E-state index in [-0.39, 0.29) is 0 Å². The average Bonchev–Trinajstić information content (AvgIpc) is 2.74. The van der Waals surface area contributed by atoms with Crippen LogP contribution in [0.2, 0.25) is 0 Å². The van der Waals surface area contributed by atoms with Gasteiger partial charge in [0.1, 0.15) is 11.6 Å². The molecule has 4 rings (SSSR count). The van der Waals surface area contributed by atoms with Gasteiger partial charge in [0, 0.05) is 50.7 Å². The monoisotopic (exact) mass is 374 g/mol. The molecule has 0 bridgehead atoms. The minimum Gasteiger partial charge on any atom is -0.366 e. The van der Waals surface area contributed by atoms with Crippen molar-refractivity contribution >= 4 is 17.6 Å². The Hall–Kier alpha value is -3.15. The molecule has 3 heterocycles. The molecule has 144 valence electrons. The summed E-state index contributed by atoms with van der Waals surface area (Å²) >= 11 is 0. The molecule has 0 aliphatic carbocycles. The number of pyridine rings is 1. The number of rotatable bonds is 5. The molecule has 0 saturated carbocycles. The van der Waals surface area contributed by atoms with Gasteiger partial charge in [-0.15, -0.1) is 0 Å². The molecule has 1 aliphatic rings.